The van der Waals surface area contributed by atoms with Gasteiger partial charge in [-0.15, -0.1) is 0 Å². The van der Waals surface area contributed by atoms with Gasteiger partial charge >= 0.3 is 5.97 Å². The number of esters is 1. The first-order chi connectivity index (χ1) is 11.5. The zero-order chi connectivity index (χ0) is 17.1. The average molecular weight is 393 g/mol. The second-order valence-corrected chi connectivity index (χ2v) is 5.67. The fraction of sp³-hybridized carbons (Fsp3) is 0.0625. The van der Waals surface area contributed by atoms with Gasteiger partial charge in [0.1, 0.15) is 11.3 Å². The molecule has 0 spiro atoms. The van der Waals surface area contributed by atoms with Crippen molar-refractivity contribution < 1.29 is 23.1 Å². The number of aromatic nitrogens is 1. The second kappa shape index (κ2) is 6.79. The first-order valence-electron chi connectivity index (χ1n) is 6.79. The Balaban J connectivity index is 1.64. The van der Waals surface area contributed by atoms with Gasteiger partial charge in [0.2, 0.25) is 0 Å². The van der Waals surface area contributed by atoms with Crippen LogP contribution in [-0.4, -0.2) is 23.5 Å². The molecule has 0 aliphatic carbocycles. The molecule has 1 heterocycles. The van der Waals surface area contributed by atoms with Crippen LogP contribution in [0.5, 0.6) is 0 Å². The summed E-state index contributed by atoms with van der Waals surface area (Å²) in [4.78, 5) is 27.8. The molecule has 0 atom stereocenters. The molecule has 0 aliphatic heterocycles. The molecular weight excluding hydrogens is 383 g/mol. The van der Waals surface area contributed by atoms with Crippen molar-refractivity contribution in [1.29, 1.82) is 0 Å². The highest BCUT2D eigenvalue weighted by atomic mass is 79.9. The minimum atomic E-state index is -0.721. The summed E-state index contributed by atoms with van der Waals surface area (Å²) in [7, 11) is 0. The normalized spacial score (nSPS) is 10.6. The molecule has 0 radical (unpaired) electrons. The zero-order valence-corrected chi connectivity index (χ0v) is 13.7. The molecule has 2 aromatic carbocycles. The number of ether oxygens (including phenoxy) is 1. The number of anilines is 1. The van der Waals surface area contributed by atoms with Crippen LogP contribution in [0.2, 0.25) is 0 Å². The van der Waals surface area contributed by atoms with Crippen LogP contribution in [0, 0.1) is 5.82 Å². The molecule has 0 saturated carbocycles. The van der Waals surface area contributed by atoms with Crippen LogP contribution in [0.4, 0.5) is 10.1 Å². The molecule has 1 aromatic heterocycles. The number of nitrogens with one attached hydrogen (secondary N) is 1. The highest BCUT2D eigenvalue weighted by Gasteiger charge is 2.16. The first-order valence-corrected chi connectivity index (χ1v) is 7.58. The fourth-order valence-electron chi connectivity index (χ4n) is 2.04. The Morgan fingerprint density at radius 2 is 2.12 bits per heavy atom. The minimum Gasteiger partial charge on any atom is -0.452 e. The van der Waals surface area contributed by atoms with E-state index in [1.165, 1.54) is 24.6 Å². The lowest BCUT2D eigenvalue weighted by molar-refractivity contribution is -0.119. The molecule has 1 amide bonds. The maximum absolute atomic E-state index is 13.6. The molecule has 0 fully saturated rings. The van der Waals surface area contributed by atoms with Gasteiger partial charge in [-0.3, -0.25) is 4.79 Å². The molecule has 0 aliphatic rings. The summed E-state index contributed by atoms with van der Waals surface area (Å²) in [5.74, 6) is -1.98. The molecule has 6 nitrogen and oxygen atoms in total. The molecule has 3 rings (SSSR count). The number of carbonyl (C=O) groups excluding carboxylic acids is 2. The number of halogens is 2. The van der Waals surface area contributed by atoms with Crippen molar-refractivity contribution in [1.82, 2.24) is 4.98 Å². The Kier molecular flexibility index (Phi) is 4.57. The highest BCUT2D eigenvalue weighted by molar-refractivity contribution is 9.10. The number of rotatable bonds is 4. The van der Waals surface area contributed by atoms with Crippen molar-refractivity contribution in [2.75, 3.05) is 11.9 Å². The molecule has 122 valence electrons. The average Bonchev–Trinajstić information content (AvgIpc) is 3.04. The van der Waals surface area contributed by atoms with Gasteiger partial charge in [0.15, 0.2) is 18.6 Å². The lowest BCUT2D eigenvalue weighted by Gasteiger charge is -2.08. The molecule has 0 unspecified atom stereocenters. The van der Waals surface area contributed by atoms with E-state index in [1.54, 1.807) is 18.2 Å². The number of carbonyl (C=O) groups is 2. The molecule has 1 N–H and O–H groups in total. The quantitative estimate of drug-likeness (QED) is 0.686. The van der Waals surface area contributed by atoms with Crippen LogP contribution >= 0.6 is 15.9 Å². The summed E-state index contributed by atoms with van der Waals surface area (Å²) >= 11 is 3.12. The molecule has 8 heteroatoms. The van der Waals surface area contributed by atoms with Crippen LogP contribution in [0.3, 0.4) is 0 Å². The van der Waals surface area contributed by atoms with Crippen LogP contribution in [0.25, 0.3) is 11.1 Å². The maximum Gasteiger partial charge on any atom is 0.340 e. The summed E-state index contributed by atoms with van der Waals surface area (Å²) in [6.07, 6.45) is 1.21. The number of nitrogens with zero attached hydrogens (tertiary/aromatic N) is 1. The number of benzene rings is 2. The number of para-hydroxylation sites is 1. The molecule has 0 bridgehead atoms. The summed E-state index contributed by atoms with van der Waals surface area (Å²) in [5.41, 5.74) is 0.967. The lowest BCUT2D eigenvalue weighted by atomic mass is 10.2. The fourth-order valence-corrected chi connectivity index (χ4v) is 2.37. The first kappa shape index (κ1) is 16.1. The second-order valence-electron chi connectivity index (χ2n) is 4.75. The number of fused-ring (bicyclic) bond motifs is 1. The van der Waals surface area contributed by atoms with Crippen LogP contribution in [0.15, 0.2) is 51.7 Å². The highest BCUT2D eigenvalue weighted by Crippen LogP contribution is 2.20. The Morgan fingerprint density at radius 3 is 2.92 bits per heavy atom. The summed E-state index contributed by atoms with van der Waals surface area (Å²) in [5, 5.41) is 2.33. The van der Waals surface area contributed by atoms with Crippen molar-refractivity contribution in [2.24, 2.45) is 0 Å². The van der Waals surface area contributed by atoms with Gasteiger partial charge < -0.3 is 14.5 Å². The molecular formula is C16H10BrFN2O4. The van der Waals surface area contributed by atoms with Gasteiger partial charge in [0.25, 0.3) is 5.91 Å². The van der Waals surface area contributed by atoms with Crippen molar-refractivity contribution >= 4 is 44.6 Å². The zero-order valence-electron chi connectivity index (χ0n) is 12.1. The molecule has 0 saturated heterocycles. The topological polar surface area (TPSA) is 81.4 Å². The van der Waals surface area contributed by atoms with Crippen molar-refractivity contribution in [2.45, 2.75) is 0 Å². The van der Waals surface area contributed by atoms with E-state index in [-0.39, 0.29) is 11.3 Å². The predicted octanol–water partition coefficient (Wildman–Crippen LogP) is 3.52. The Hall–Kier alpha value is -2.74. The number of amides is 1. The number of oxazole rings is 1. The summed E-state index contributed by atoms with van der Waals surface area (Å²) in [6, 6.07) is 8.97. The van der Waals surface area contributed by atoms with Crippen LogP contribution in [-0.2, 0) is 9.53 Å². The van der Waals surface area contributed by atoms with E-state index in [0.29, 0.717) is 15.6 Å². The standard InChI is InChI=1S/C16H10BrFN2O4/c17-9-4-5-12(11(18)6-9)20-14(21)7-23-16(22)10-2-1-3-13-15(10)19-8-24-13/h1-6,8H,7H2,(H,20,21). The number of hydrogen-bond acceptors (Lipinski definition) is 5. The smallest absolute Gasteiger partial charge is 0.340 e. The van der Waals surface area contributed by atoms with Gasteiger partial charge in [-0.25, -0.2) is 14.2 Å². The van der Waals surface area contributed by atoms with E-state index in [2.05, 4.69) is 26.2 Å². The third kappa shape index (κ3) is 3.43. The van der Waals surface area contributed by atoms with Gasteiger partial charge in [0, 0.05) is 4.47 Å². The monoisotopic (exact) mass is 392 g/mol. The van der Waals surface area contributed by atoms with E-state index in [9.17, 15) is 14.0 Å². The van der Waals surface area contributed by atoms with Crippen molar-refractivity contribution in [3.63, 3.8) is 0 Å². The summed E-state index contributed by atoms with van der Waals surface area (Å²) < 4.78 is 24.2. The molecule has 3 aromatic rings. The van der Waals surface area contributed by atoms with E-state index in [4.69, 9.17) is 9.15 Å². The Morgan fingerprint density at radius 1 is 1.29 bits per heavy atom. The SMILES string of the molecule is O=C(COC(=O)c1cccc2ocnc12)Nc1ccc(Br)cc1F. The minimum absolute atomic E-state index is 0.00199. The third-order valence-electron chi connectivity index (χ3n) is 3.12. The maximum atomic E-state index is 13.6. The van der Waals surface area contributed by atoms with Crippen LogP contribution < -0.4 is 5.32 Å². The van der Waals surface area contributed by atoms with Gasteiger partial charge in [-0.2, -0.15) is 0 Å². The Bertz CT molecular complexity index is 925. The summed E-state index contributed by atoms with van der Waals surface area (Å²) in [6.45, 7) is -0.553. The van der Waals surface area contributed by atoms with E-state index in [1.807, 2.05) is 0 Å². The Labute approximate surface area is 143 Å². The van der Waals surface area contributed by atoms with E-state index in [0.717, 1.165) is 0 Å². The van der Waals surface area contributed by atoms with Crippen LogP contribution in [0.1, 0.15) is 10.4 Å². The van der Waals surface area contributed by atoms with E-state index >= 15 is 0 Å². The molecule has 24 heavy (non-hydrogen) atoms. The largest absolute Gasteiger partial charge is 0.452 e. The number of hydrogen-bond donors (Lipinski definition) is 1. The van der Waals surface area contributed by atoms with Gasteiger partial charge in [-0.1, -0.05) is 22.0 Å². The lowest BCUT2D eigenvalue weighted by Crippen LogP contribution is -2.21. The van der Waals surface area contributed by atoms with Gasteiger partial charge in [-0.05, 0) is 30.3 Å². The van der Waals surface area contributed by atoms with Gasteiger partial charge in [0.05, 0.1) is 11.3 Å². The third-order valence-corrected chi connectivity index (χ3v) is 3.61. The van der Waals surface area contributed by atoms with Crippen molar-refractivity contribution in [3.8, 4) is 0 Å². The van der Waals surface area contributed by atoms with Crippen molar-refractivity contribution in [3.05, 3.63) is 58.6 Å². The predicted molar refractivity (Wildman–Crippen MR) is 87.0 cm³/mol. The van der Waals surface area contributed by atoms with E-state index < -0.39 is 24.3 Å².